The van der Waals surface area contributed by atoms with Crippen molar-refractivity contribution in [3.63, 3.8) is 0 Å². The molecule has 0 bridgehead atoms. The molecule has 1 heterocycles. The van der Waals surface area contributed by atoms with E-state index in [4.69, 9.17) is 16.7 Å². The van der Waals surface area contributed by atoms with Crippen molar-refractivity contribution in [1.82, 2.24) is 9.97 Å². The number of halogens is 4. The second-order valence-corrected chi connectivity index (χ2v) is 4.35. The predicted octanol–water partition coefficient (Wildman–Crippen LogP) is 2.09. The van der Waals surface area contributed by atoms with Gasteiger partial charge < -0.3 is 10.4 Å². The third-order valence-electron chi connectivity index (χ3n) is 2.50. The van der Waals surface area contributed by atoms with Gasteiger partial charge in [0.15, 0.2) is 0 Å². The molecule has 17 heavy (non-hydrogen) atoms. The number of rotatable bonds is 3. The van der Waals surface area contributed by atoms with Gasteiger partial charge in [0.1, 0.15) is 11.0 Å². The molecular weight excluding hydrogens is 259 g/mol. The highest BCUT2D eigenvalue weighted by atomic mass is 35.5. The largest absolute Gasteiger partial charge is 0.451 e. The van der Waals surface area contributed by atoms with Gasteiger partial charge in [-0.15, -0.1) is 0 Å². The first-order chi connectivity index (χ1) is 7.85. The molecule has 0 aliphatic heterocycles. The summed E-state index contributed by atoms with van der Waals surface area (Å²) < 4.78 is 37.3. The van der Waals surface area contributed by atoms with Crippen LogP contribution in [0, 0.1) is 0 Å². The van der Waals surface area contributed by atoms with Crippen LogP contribution in [0.4, 0.5) is 19.0 Å². The van der Waals surface area contributed by atoms with Gasteiger partial charge in [0, 0.05) is 6.07 Å². The summed E-state index contributed by atoms with van der Waals surface area (Å²) in [7, 11) is 0. The first-order valence-electron chi connectivity index (χ1n) is 4.85. The normalized spacial score (nSPS) is 17.9. The molecule has 0 amide bonds. The van der Waals surface area contributed by atoms with Crippen LogP contribution in [0.15, 0.2) is 6.07 Å². The van der Waals surface area contributed by atoms with Crippen LogP contribution in [0.2, 0.25) is 5.15 Å². The SMILES string of the molecule is OCC1(Nc2cc(Cl)nc(C(F)(F)F)n2)CC1. The summed E-state index contributed by atoms with van der Waals surface area (Å²) in [6.07, 6.45) is -3.27. The maximum absolute atomic E-state index is 12.4. The molecule has 1 aromatic rings. The molecule has 1 fully saturated rings. The van der Waals surface area contributed by atoms with Crippen LogP contribution in [-0.2, 0) is 6.18 Å². The summed E-state index contributed by atoms with van der Waals surface area (Å²) in [4.78, 5) is 6.44. The van der Waals surface area contributed by atoms with Crippen LogP contribution in [0.1, 0.15) is 18.7 Å². The number of alkyl halides is 3. The minimum absolute atomic E-state index is 0.0242. The van der Waals surface area contributed by atoms with Crippen molar-refractivity contribution in [1.29, 1.82) is 0 Å². The van der Waals surface area contributed by atoms with Gasteiger partial charge in [-0.1, -0.05) is 11.6 Å². The fourth-order valence-electron chi connectivity index (χ4n) is 1.35. The van der Waals surface area contributed by atoms with Crippen molar-refractivity contribution in [2.75, 3.05) is 11.9 Å². The van der Waals surface area contributed by atoms with Crippen molar-refractivity contribution < 1.29 is 18.3 Å². The Hall–Kier alpha value is -1.08. The molecule has 1 aliphatic carbocycles. The number of nitrogens with zero attached hydrogens (tertiary/aromatic N) is 2. The van der Waals surface area contributed by atoms with Crippen LogP contribution >= 0.6 is 11.6 Å². The average Bonchev–Trinajstić information content (AvgIpc) is 2.96. The molecule has 0 atom stereocenters. The van der Waals surface area contributed by atoms with Crippen molar-refractivity contribution >= 4 is 17.4 Å². The molecule has 1 saturated carbocycles. The number of hydrogen-bond donors (Lipinski definition) is 2. The average molecular weight is 268 g/mol. The Labute approximate surface area is 99.8 Å². The van der Waals surface area contributed by atoms with Gasteiger partial charge in [0.2, 0.25) is 5.82 Å². The second kappa shape index (κ2) is 3.99. The van der Waals surface area contributed by atoms with Gasteiger partial charge in [0.05, 0.1) is 12.1 Å². The van der Waals surface area contributed by atoms with Crippen molar-refractivity contribution in [2.45, 2.75) is 24.6 Å². The summed E-state index contributed by atoms with van der Waals surface area (Å²) in [5, 5.41) is 11.5. The molecule has 4 nitrogen and oxygen atoms in total. The molecule has 8 heteroatoms. The highest BCUT2D eigenvalue weighted by Gasteiger charge is 2.43. The Bertz CT molecular complexity index is 434. The van der Waals surface area contributed by atoms with E-state index in [0.29, 0.717) is 12.8 Å². The van der Waals surface area contributed by atoms with E-state index in [1.807, 2.05) is 0 Å². The maximum atomic E-state index is 12.4. The van der Waals surface area contributed by atoms with Gasteiger partial charge >= 0.3 is 6.18 Å². The van der Waals surface area contributed by atoms with Crippen LogP contribution in [-0.4, -0.2) is 27.2 Å². The monoisotopic (exact) mass is 267 g/mol. The Morgan fingerprint density at radius 3 is 2.53 bits per heavy atom. The lowest BCUT2D eigenvalue weighted by Gasteiger charge is -2.16. The smallest absolute Gasteiger partial charge is 0.394 e. The topological polar surface area (TPSA) is 58.0 Å². The molecule has 0 saturated heterocycles. The van der Waals surface area contributed by atoms with E-state index >= 15 is 0 Å². The van der Waals surface area contributed by atoms with Crippen LogP contribution in [0.25, 0.3) is 0 Å². The molecule has 0 unspecified atom stereocenters. The van der Waals surface area contributed by atoms with E-state index in [9.17, 15) is 13.2 Å². The zero-order valence-corrected chi connectivity index (χ0v) is 9.31. The molecular formula is C9H9ClF3N3O. The standard InChI is InChI=1S/C9H9ClF3N3O/c10-5-3-6(16-8(4-17)1-2-8)15-7(14-5)9(11,12)13/h3,17H,1-2,4H2,(H,14,15,16). The summed E-state index contributed by atoms with van der Waals surface area (Å²) in [5.74, 6) is -1.31. The number of anilines is 1. The highest BCUT2D eigenvalue weighted by molar-refractivity contribution is 6.29. The lowest BCUT2D eigenvalue weighted by Crippen LogP contribution is -2.27. The van der Waals surface area contributed by atoms with E-state index in [-0.39, 0.29) is 17.6 Å². The third kappa shape index (κ3) is 2.78. The van der Waals surface area contributed by atoms with Crippen molar-refractivity contribution in [3.05, 3.63) is 17.0 Å². The van der Waals surface area contributed by atoms with Gasteiger partial charge in [0.25, 0.3) is 0 Å². The fraction of sp³-hybridized carbons (Fsp3) is 0.556. The van der Waals surface area contributed by atoms with Gasteiger partial charge in [-0.05, 0) is 12.8 Å². The van der Waals surface area contributed by atoms with E-state index in [1.165, 1.54) is 6.07 Å². The highest BCUT2D eigenvalue weighted by Crippen LogP contribution is 2.38. The molecule has 1 aromatic heterocycles. The van der Waals surface area contributed by atoms with E-state index < -0.39 is 17.5 Å². The minimum Gasteiger partial charge on any atom is -0.394 e. The lowest BCUT2D eigenvalue weighted by molar-refractivity contribution is -0.144. The van der Waals surface area contributed by atoms with Gasteiger partial charge in [-0.3, -0.25) is 0 Å². The Morgan fingerprint density at radius 2 is 2.06 bits per heavy atom. The quantitative estimate of drug-likeness (QED) is 0.824. The Balaban J connectivity index is 2.26. The Morgan fingerprint density at radius 1 is 1.41 bits per heavy atom. The van der Waals surface area contributed by atoms with Crippen LogP contribution in [0.5, 0.6) is 0 Å². The third-order valence-corrected chi connectivity index (χ3v) is 2.69. The summed E-state index contributed by atoms with van der Waals surface area (Å²) >= 11 is 5.49. The molecule has 2 N–H and O–H groups in total. The van der Waals surface area contributed by atoms with E-state index in [1.54, 1.807) is 0 Å². The fourth-order valence-corrected chi connectivity index (χ4v) is 1.54. The van der Waals surface area contributed by atoms with Gasteiger partial charge in [-0.25, -0.2) is 9.97 Å². The number of aliphatic hydroxyl groups is 1. The molecule has 0 aromatic carbocycles. The first kappa shape index (κ1) is 12.4. The lowest BCUT2D eigenvalue weighted by atomic mass is 10.3. The van der Waals surface area contributed by atoms with Gasteiger partial charge in [-0.2, -0.15) is 13.2 Å². The molecule has 0 spiro atoms. The molecule has 94 valence electrons. The molecule has 0 radical (unpaired) electrons. The molecule has 1 aliphatic rings. The van der Waals surface area contributed by atoms with Crippen LogP contribution in [0.3, 0.4) is 0 Å². The van der Waals surface area contributed by atoms with Crippen molar-refractivity contribution in [3.8, 4) is 0 Å². The zero-order valence-electron chi connectivity index (χ0n) is 8.55. The number of aliphatic hydroxyl groups excluding tert-OH is 1. The zero-order chi connectivity index (χ0) is 12.7. The maximum Gasteiger partial charge on any atom is 0.451 e. The summed E-state index contributed by atoms with van der Waals surface area (Å²) in [5.41, 5.74) is -0.555. The van der Waals surface area contributed by atoms with E-state index in [2.05, 4.69) is 15.3 Å². The van der Waals surface area contributed by atoms with Crippen molar-refractivity contribution in [2.24, 2.45) is 0 Å². The Kier molecular flexibility index (Phi) is 2.90. The summed E-state index contributed by atoms with van der Waals surface area (Å²) in [6, 6.07) is 1.20. The predicted molar refractivity (Wildman–Crippen MR) is 54.7 cm³/mol. The number of hydrogen-bond acceptors (Lipinski definition) is 4. The van der Waals surface area contributed by atoms with Crippen LogP contribution < -0.4 is 5.32 Å². The number of nitrogens with one attached hydrogen (secondary N) is 1. The van der Waals surface area contributed by atoms with E-state index in [0.717, 1.165) is 0 Å². The number of aromatic nitrogens is 2. The molecule has 2 rings (SSSR count). The second-order valence-electron chi connectivity index (χ2n) is 3.96. The summed E-state index contributed by atoms with van der Waals surface area (Å²) in [6.45, 7) is -0.157. The minimum atomic E-state index is -4.64. The first-order valence-corrected chi connectivity index (χ1v) is 5.23.